The minimum absolute atomic E-state index is 0.231. The first-order valence-electron chi connectivity index (χ1n) is 7.87. The summed E-state index contributed by atoms with van der Waals surface area (Å²) in [5.41, 5.74) is 0.964. The number of benzene rings is 2. The van der Waals surface area contributed by atoms with Crippen LogP contribution in [0.2, 0.25) is 0 Å². The van der Waals surface area contributed by atoms with Crippen LogP contribution in [0, 0.1) is 0 Å². The highest BCUT2D eigenvalue weighted by Gasteiger charge is 2.13. The van der Waals surface area contributed by atoms with Crippen molar-refractivity contribution in [1.29, 1.82) is 0 Å². The average molecular weight is 407 g/mol. The van der Waals surface area contributed by atoms with Crippen LogP contribution in [-0.2, 0) is 10.0 Å². The molecule has 0 aliphatic heterocycles. The van der Waals surface area contributed by atoms with Gasteiger partial charge in [-0.1, -0.05) is 39.8 Å². The van der Waals surface area contributed by atoms with Gasteiger partial charge >= 0.3 is 0 Å². The van der Waals surface area contributed by atoms with Gasteiger partial charge in [0, 0.05) is 28.8 Å². The number of aromatic nitrogens is 1. The molecule has 0 spiro atoms. The van der Waals surface area contributed by atoms with Crippen LogP contribution in [0.15, 0.2) is 70.6 Å². The topological polar surface area (TPSA) is 68.3 Å². The van der Waals surface area contributed by atoms with Crippen molar-refractivity contribution in [3.8, 4) is 5.75 Å². The molecule has 0 amide bonds. The summed E-state index contributed by atoms with van der Waals surface area (Å²) in [7, 11) is 1.24. The quantitative estimate of drug-likeness (QED) is 0.451. The maximum Gasteiger partial charge on any atom is 0.240 e. The average Bonchev–Trinajstić information content (AvgIpc) is 2.68. The first-order chi connectivity index (χ1) is 12.6. The van der Waals surface area contributed by atoms with E-state index in [2.05, 4.69) is 9.71 Å². The lowest BCUT2D eigenvalue weighted by molar-refractivity contribution is 0.414. The highest BCUT2D eigenvalue weighted by atomic mass is 33.1. The minimum Gasteiger partial charge on any atom is -0.497 e. The van der Waals surface area contributed by atoms with Gasteiger partial charge in [0.15, 0.2) is 0 Å². The molecule has 1 aromatic heterocycles. The van der Waals surface area contributed by atoms with Crippen molar-refractivity contribution in [2.75, 3.05) is 19.4 Å². The number of sulfonamides is 1. The Hall–Kier alpha value is -1.74. The third-order valence-electron chi connectivity index (χ3n) is 3.59. The molecule has 0 saturated heterocycles. The monoisotopic (exact) mass is 406 g/mol. The van der Waals surface area contributed by atoms with Crippen LogP contribution < -0.4 is 9.46 Å². The molecular formula is C18H18N2O3S3. The molecule has 0 fully saturated rings. The van der Waals surface area contributed by atoms with Gasteiger partial charge in [-0.05, 0) is 36.4 Å². The van der Waals surface area contributed by atoms with Crippen molar-refractivity contribution in [1.82, 2.24) is 9.71 Å². The Morgan fingerprint density at radius 3 is 2.62 bits per heavy atom. The predicted octanol–water partition coefficient (Wildman–Crippen LogP) is 3.96. The van der Waals surface area contributed by atoms with E-state index in [1.54, 1.807) is 47.0 Å². The number of pyridine rings is 1. The van der Waals surface area contributed by atoms with Gasteiger partial charge in [0.25, 0.3) is 0 Å². The maximum atomic E-state index is 12.3. The van der Waals surface area contributed by atoms with Gasteiger partial charge in [0.2, 0.25) is 10.0 Å². The molecule has 3 rings (SSSR count). The normalized spacial score (nSPS) is 11.6. The van der Waals surface area contributed by atoms with E-state index >= 15 is 0 Å². The van der Waals surface area contributed by atoms with Crippen molar-refractivity contribution in [2.45, 2.75) is 9.79 Å². The molecule has 1 N–H and O–H groups in total. The summed E-state index contributed by atoms with van der Waals surface area (Å²) < 4.78 is 32.2. The molecule has 0 unspecified atom stereocenters. The van der Waals surface area contributed by atoms with Gasteiger partial charge in [0.05, 0.1) is 17.5 Å². The van der Waals surface area contributed by atoms with Crippen molar-refractivity contribution in [2.24, 2.45) is 0 Å². The Kier molecular flexibility index (Phi) is 6.42. The Labute approximate surface area is 161 Å². The zero-order valence-electron chi connectivity index (χ0n) is 14.1. The fourth-order valence-electron chi connectivity index (χ4n) is 2.30. The second kappa shape index (κ2) is 8.77. The van der Waals surface area contributed by atoms with Crippen LogP contribution in [0.5, 0.6) is 5.75 Å². The van der Waals surface area contributed by atoms with Crippen LogP contribution in [0.25, 0.3) is 10.9 Å². The highest BCUT2D eigenvalue weighted by Crippen LogP contribution is 2.34. The van der Waals surface area contributed by atoms with Gasteiger partial charge in [-0.15, -0.1) is 0 Å². The summed E-state index contributed by atoms with van der Waals surface area (Å²) >= 11 is 0. The summed E-state index contributed by atoms with van der Waals surface area (Å²) in [6.07, 6.45) is 1.78. The molecule has 136 valence electrons. The molecule has 0 aliphatic rings. The number of fused-ring (bicyclic) bond motifs is 1. The molecule has 0 aliphatic carbocycles. The molecule has 3 aromatic rings. The fourth-order valence-corrected chi connectivity index (χ4v) is 5.53. The summed E-state index contributed by atoms with van der Waals surface area (Å²) in [5.74, 6) is 1.27. The number of hydrogen-bond donors (Lipinski definition) is 1. The van der Waals surface area contributed by atoms with Crippen molar-refractivity contribution < 1.29 is 13.2 Å². The number of para-hydroxylation sites is 1. The van der Waals surface area contributed by atoms with Gasteiger partial charge in [-0.3, -0.25) is 4.98 Å². The first-order valence-corrected chi connectivity index (χ1v) is 11.7. The SMILES string of the molecule is COc1ccc(S(=O)(=O)NCCSSc2cccc3cccnc23)cc1. The zero-order chi connectivity index (χ0) is 18.4. The second-order valence-electron chi connectivity index (χ2n) is 5.31. The summed E-state index contributed by atoms with van der Waals surface area (Å²) in [5, 5.41) is 1.10. The van der Waals surface area contributed by atoms with E-state index in [0.29, 0.717) is 18.0 Å². The predicted molar refractivity (Wildman–Crippen MR) is 108 cm³/mol. The molecule has 26 heavy (non-hydrogen) atoms. The summed E-state index contributed by atoms with van der Waals surface area (Å²) in [6.45, 7) is 0.351. The standard InChI is InChI=1S/C18H18N2O3S3/c1-23-15-7-9-16(10-8-15)26(21,22)20-12-13-24-25-17-6-2-4-14-5-3-11-19-18(14)17/h2-11,20H,12-13H2,1H3. The zero-order valence-corrected chi connectivity index (χ0v) is 16.5. The number of methoxy groups -OCH3 is 1. The highest BCUT2D eigenvalue weighted by molar-refractivity contribution is 8.76. The number of nitrogens with one attached hydrogen (secondary N) is 1. The van der Waals surface area contributed by atoms with Gasteiger partial charge in [-0.2, -0.15) is 0 Å². The van der Waals surface area contributed by atoms with Gasteiger partial charge < -0.3 is 4.74 Å². The van der Waals surface area contributed by atoms with Crippen LogP contribution in [0.3, 0.4) is 0 Å². The van der Waals surface area contributed by atoms with Crippen LogP contribution in [0.1, 0.15) is 0 Å². The Balaban J connectivity index is 1.52. The van der Waals surface area contributed by atoms with Crippen LogP contribution in [-0.4, -0.2) is 32.8 Å². The Morgan fingerprint density at radius 1 is 1.08 bits per heavy atom. The molecule has 2 aromatic carbocycles. The maximum absolute atomic E-state index is 12.3. The number of ether oxygens (including phenoxy) is 1. The molecule has 0 saturated carbocycles. The Morgan fingerprint density at radius 2 is 1.85 bits per heavy atom. The van der Waals surface area contributed by atoms with E-state index in [0.717, 1.165) is 15.8 Å². The van der Waals surface area contributed by atoms with Gasteiger partial charge in [-0.25, -0.2) is 13.1 Å². The van der Waals surface area contributed by atoms with E-state index in [4.69, 9.17) is 4.74 Å². The van der Waals surface area contributed by atoms with Crippen molar-refractivity contribution in [3.05, 3.63) is 60.8 Å². The molecule has 8 heteroatoms. The molecule has 1 heterocycles. The molecular weight excluding hydrogens is 388 g/mol. The minimum atomic E-state index is -3.51. The van der Waals surface area contributed by atoms with E-state index in [1.165, 1.54) is 12.1 Å². The number of nitrogens with zero attached hydrogens (tertiary/aromatic N) is 1. The summed E-state index contributed by atoms with van der Waals surface area (Å²) in [6, 6.07) is 16.3. The van der Waals surface area contributed by atoms with Crippen LogP contribution >= 0.6 is 21.6 Å². The van der Waals surface area contributed by atoms with Gasteiger partial charge in [0.1, 0.15) is 5.75 Å². The summed E-state index contributed by atoms with van der Waals surface area (Å²) in [4.78, 5) is 5.72. The van der Waals surface area contributed by atoms with E-state index in [9.17, 15) is 8.42 Å². The smallest absolute Gasteiger partial charge is 0.240 e. The fraction of sp³-hybridized carbons (Fsp3) is 0.167. The largest absolute Gasteiger partial charge is 0.497 e. The van der Waals surface area contributed by atoms with Crippen LogP contribution in [0.4, 0.5) is 0 Å². The molecule has 0 radical (unpaired) electrons. The lowest BCUT2D eigenvalue weighted by Crippen LogP contribution is -2.25. The van der Waals surface area contributed by atoms with E-state index in [1.807, 2.05) is 30.3 Å². The number of hydrogen-bond acceptors (Lipinski definition) is 6. The number of rotatable bonds is 8. The third kappa shape index (κ3) is 4.70. The lowest BCUT2D eigenvalue weighted by Gasteiger charge is -2.08. The molecule has 0 bridgehead atoms. The van der Waals surface area contributed by atoms with Crippen molar-refractivity contribution in [3.63, 3.8) is 0 Å². The van der Waals surface area contributed by atoms with E-state index in [-0.39, 0.29) is 4.90 Å². The molecule has 5 nitrogen and oxygen atoms in total. The first kappa shape index (κ1) is 19.0. The van der Waals surface area contributed by atoms with E-state index < -0.39 is 10.0 Å². The second-order valence-corrected chi connectivity index (χ2v) is 9.53. The Bertz CT molecular complexity index is 971. The van der Waals surface area contributed by atoms with Crippen molar-refractivity contribution >= 4 is 42.5 Å². The lowest BCUT2D eigenvalue weighted by atomic mass is 10.2. The third-order valence-corrected chi connectivity index (χ3v) is 7.46. The molecule has 0 atom stereocenters.